The third kappa shape index (κ3) is 7.73. The molecule has 0 aromatic heterocycles. The highest BCUT2D eigenvalue weighted by Gasteiger charge is 2.05. The molecule has 0 amide bonds. The number of rotatable bonds is 7. The lowest BCUT2D eigenvalue weighted by molar-refractivity contribution is 0.275. The second-order valence-electron chi connectivity index (χ2n) is 6.06. The predicted molar refractivity (Wildman–Crippen MR) is 112 cm³/mol. The first kappa shape index (κ1) is 21.9. The molecule has 1 aliphatic carbocycles. The van der Waals surface area contributed by atoms with Crippen molar-refractivity contribution >= 4 is 29.9 Å². The average molecular weight is 461 g/mol. The Hall–Kier alpha value is -1.15. The number of nitrogens with one attached hydrogen (secondary N) is 2. The number of halogens is 2. The molecule has 140 valence electrons. The minimum Gasteiger partial charge on any atom is -0.392 e. The number of guanidine groups is 1. The summed E-state index contributed by atoms with van der Waals surface area (Å²) in [4.78, 5) is 4.54. The molecule has 0 aliphatic heterocycles. The SMILES string of the molecule is CCNC(=NCc1ccc(F)c(CO)c1)NCCC1=CCCCC1.I. The molecular weight excluding hydrogens is 432 g/mol. The van der Waals surface area contributed by atoms with Crippen molar-refractivity contribution in [2.75, 3.05) is 13.1 Å². The molecule has 0 radical (unpaired) electrons. The highest BCUT2D eigenvalue weighted by Crippen LogP contribution is 2.19. The van der Waals surface area contributed by atoms with Crippen molar-refractivity contribution in [3.05, 3.63) is 46.8 Å². The van der Waals surface area contributed by atoms with Crippen LogP contribution in [0.15, 0.2) is 34.8 Å². The summed E-state index contributed by atoms with van der Waals surface area (Å²) in [6, 6.07) is 4.75. The lowest BCUT2D eigenvalue weighted by Gasteiger charge is -2.15. The van der Waals surface area contributed by atoms with E-state index in [-0.39, 0.29) is 36.4 Å². The van der Waals surface area contributed by atoms with Gasteiger partial charge in [-0.25, -0.2) is 9.38 Å². The first-order valence-corrected chi connectivity index (χ1v) is 8.81. The normalized spacial score (nSPS) is 14.5. The van der Waals surface area contributed by atoms with Gasteiger partial charge in [-0.1, -0.05) is 17.7 Å². The summed E-state index contributed by atoms with van der Waals surface area (Å²) >= 11 is 0. The molecule has 0 fully saturated rings. The van der Waals surface area contributed by atoms with Crippen molar-refractivity contribution < 1.29 is 9.50 Å². The fourth-order valence-electron chi connectivity index (χ4n) is 2.83. The number of aliphatic hydroxyl groups excluding tert-OH is 1. The van der Waals surface area contributed by atoms with Gasteiger partial charge in [-0.3, -0.25) is 0 Å². The molecule has 1 aromatic carbocycles. The second kappa shape index (κ2) is 12.2. The number of aliphatic imine (C=N–C) groups is 1. The fraction of sp³-hybridized carbons (Fsp3) is 0.526. The second-order valence-corrected chi connectivity index (χ2v) is 6.06. The zero-order valence-electron chi connectivity index (χ0n) is 14.9. The maximum absolute atomic E-state index is 13.4. The van der Waals surface area contributed by atoms with Gasteiger partial charge in [0.15, 0.2) is 5.96 Å². The van der Waals surface area contributed by atoms with Crippen LogP contribution in [0.2, 0.25) is 0 Å². The van der Waals surface area contributed by atoms with Crippen LogP contribution in [-0.4, -0.2) is 24.2 Å². The molecule has 25 heavy (non-hydrogen) atoms. The van der Waals surface area contributed by atoms with Gasteiger partial charge in [-0.15, -0.1) is 24.0 Å². The molecule has 0 bridgehead atoms. The van der Waals surface area contributed by atoms with Crippen molar-refractivity contribution in [2.45, 2.75) is 52.2 Å². The summed E-state index contributed by atoms with van der Waals surface area (Å²) in [6.45, 7) is 3.84. The molecule has 0 spiro atoms. The van der Waals surface area contributed by atoms with Crippen LogP contribution >= 0.6 is 24.0 Å². The van der Waals surface area contributed by atoms with Crippen LogP contribution in [0.4, 0.5) is 4.39 Å². The topological polar surface area (TPSA) is 56.7 Å². The van der Waals surface area contributed by atoms with Gasteiger partial charge in [0.05, 0.1) is 13.2 Å². The van der Waals surface area contributed by atoms with E-state index in [4.69, 9.17) is 5.11 Å². The van der Waals surface area contributed by atoms with Crippen molar-refractivity contribution in [1.29, 1.82) is 0 Å². The van der Waals surface area contributed by atoms with E-state index in [9.17, 15) is 4.39 Å². The summed E-state index contributed by atoms with van der Waals surface area (Å²) < 4.78 is 13.4. The fourth-order valence-corrected chi connectivity index (χ4v) is 2.83. The molecule has 0 saturated carbocycles. The van der Waals surface area contributed by atoms with Crippen molar-refractivity contribution in [1.82, 2.24) is 10.6 Å². The van der Waals surface area contributed by atoms with Gasteiger partial charge >= 0.3 is 0 Å². The lowest BCUT2D eigenvalue weighted by Crippen LogP contribution is -2.37. The van der Waals surface area contributed by atoms with Gasteiger partial charge < -0.3 is 15.7 Å². The van der Waals surface area contributed by atoms with Crippen LogP contribution in [0.1, 0.15) is 50.2 Å². The number of hydrogen-bond donors (Lipinski definition) is 3. The lowest BCUT2D eigenvalue weighted by atomic mass is 9.97. The van der Waals surface area contributed by atoms with Gasteiger partial charge in [0.2, 0.25) is 0 Å². The zero-order valence-corrected chi connectivity index (χ0v) is 17.2. The van der Waals surface area contributed by atoms with Crippen LogP contribution in [0.5, 0.6) is 0 Å². The quantitative estimate of drug-likeness (QED) is 0.250. The minimum atomic E-state index is -0.379. The summed E-state index contributed by atoms with van der Waals surface area (Å²) in [6.07, 6.45) is 8.46. The van der Waals surface area contributed by atoms with Gasteiger partial charge in [-0.05, 0) is 56.7 Å². The summed E-state index contributed by atoms with van der Waals surface area (Å²) in [5, 5.41) is 15.7. The molecule has 3 N–H and O–H groups in total. The standard InChI is InChI=1S/C19H28FN3O.HI/c1-2-21-19(22-11-10-15-6-4-3-5-7-15)23-13-16-8-9-18(20)17(12-16)14-24;/h6,8-9,12,24H,2-5,7,10-11,13-14H2,1H3,(H2,21,22,23);1H. The van der Waals surface area contributed by atoms with E-state index >= 15 is 0 Å². The Morgan fingerprint density at radius 2 is 2.12 bits per heavy atom. The molecule has 2 rings (SSSR count). The Bertz CT molecular complexity index is 590. The molecule has 1 aromatic rings. The van der Waals surface area contributed by atoms with Gasteiger partial charge in [0.1, 0.15) is 5.82 Å². The highest BCUT2D eigenvalue weighted by molar-refractivity contribution is 14.0. The molecule has 0 heterocycles. The van der Waals surface area contributed by atoms with E-state index in [1.807, 2.05) is 6.92 Å². The van der Waals surface area contributed by atoms with Crippen LogP contribution in [0.3, 0.4) is 0 Å². The molecule has 6 heteroatoms. The van der Waals surface area contributed by atoms with Crippen LogP contribution in [0.25, 0.3) is 0 Å². The van der Waals surface area contributed by atoms with Gasteiger partial charge in [0, 0.05) is 18.7 Å². The zero-order chi connectivity index (χ0) is 17.2. The molecule has 0 atom stereocenters. The van der Waals surface area contributed by atoms with E-state index in [2.05, 4.69) is 21.7 Å². The first-order valence-electron chi connectivity index (χ1n) is 8.81. The number of allylic oxidation sites excluding steroid dienone is 1. The first-order chi connectivity index (χ1) is 11.7. The van der Waals surface area contributed by atoms with E-state index in [1.165, 1.54) is 37.3 Å². The third-order valence-electron chi connectivity index (χ3n) is 4.17. The number of benzene rings is 1. The minimum absolute atomic E-state index is 0. The van der Waals surface area contributed by atoms with Crippen LogP contribution < -0.4 is 10.6 Å². The monoisotopic (exact) mass is 461 g/mol. The Morgan fingerprint density at radius 3 is 2.80 bits per heavy atom. The maximum atomic E-state index is 13.4. The Labute approximate surface area is 167 Å². The Balaban J connectivity index is 0.00000312. The summed E-state index contributed by atoms with van der Waals surface area (Å²) in [7, 11) is 0. The van der Waals surface area contributed by atoms with Gasteiger partial charge in [-0.2, -0.15) is 0 Å². The summed E-state index contributed by atoms with van der Waals surface area (Å²) in [5.74, 6) is 0.389. The number of nitrogens with zero attached hydrogens (tertiary/aromatic N) is 1. The molecule has 4 nitrogen and oxygen atoms in total. The number of aliphatic hydroxyl groups is 1. The molecule has 1 aliphatic rings. The van der Waals surface area contributed by atoms with E-state index < -0.39 is 0 Å². The third-order valence-corrected chi connectivity index (χ3v) is 4.17. The predicted octanol–water partition coefficient (Wildman–Crippen LogP) is 3.88. The van der Waals surface area contributed by atoms with Crippen LogP contribution in [0, 0.1) is 5.82 Å². The Kier molecular flexibility index (Phi) is 10.7. The smallest absolute Gasteiger partial charge is 0.191 e. The number of hydrogen-bond acceptors (Lipinski definition) is 2. The maximum Gasteiger partial charge on any atom is 0.191 e. The summed E-state index contributed by atoms with van der Waals surface area (Å²) in [5.41, 5.74) is 2.73. The van der Waals surface area contributed by atoms with Crippen LogP contribution in [-0.2, 0) is 13.2 Å². The van der Waals surface area contributed by atoms with Gasteiger partial charge in [0.25, 0.3) is 0 Å². The van der Waals surface area contributed by atoms with E-state index in [1.54, 1.807) is 12.1 Å². The molecule has 0 unspecified atom stereocenters. The van der Waals surface area contributed by atoms with E-state index in [0.717, 1.165) is 31.0 Å². The van der Waals surface area contributed by atoms with Crippen molar-refractivity contribution in [3.63, 3.8) is 0 Å². The average Bonchev–Trinajstić information content (AvgIpc) is 2.61. The Morgan fingerprint density at radius 1 is 1.28 bits per heavy atom. The van der Waals surface area contributed by atoms with E-state index in [0.29, 0.717) is 12.1 Å². The van der Waals surface area contributed by atoms with Crippen molar-refractivity contribution in [3.8, 4) is 0 Å². The highest BCUT2D eigenvalue weighted by atomic mass is 127. The van der Waals surface area contributed by atoms with Crippen molar-refractivity contribution in [2.24, 2.45) is 4.99 Å². The molecular formula is C19H29FIN3O. The molecule has 0 saturated heterocycles. The largest absolute Gasteiger partial charge is 0.392 e.